The third kappa shape index (κ3) is 2.91. The molecule has 104 valence electrons. The molecule has 0 atom stereocenters. The smallest absolute Gasteiger partial charge is 0.340 e. The molecule has 0 saturated carbocycles. The Morgan fingerprint density at radius 3 is 2.75 bits per heavy atom. The molecule has 0 radical (unpaired) electrons. The molecule has 4 nitrogen and oxygen atoms in total. The van der Waals surface area contributed by atoms with Crippen LogP contribution in [0.5, 0.6) is 0 Å². The molecule has 3 N–H and O–H groups in total. The summed E-state index contributed by atoms with van der Waals surface area (Å²) in [5.74, 6) is -1.00. The minimum absolute atomic E-state index is 0.219. The number of benzene rings is 2. The van der Waals surface area contributed by atoms with E-state index < -0.39 is 11.8 Å². The van der Waals surface area contributed by atoms with Crippen molar-refractivity contribution in [3.63, 3.8) is 0 Å². The summed E-state index contributed by atoms with van der Waals surface area (Å²) in [6.07, 6.45) is 0. The van der Waals surface area contributed by atoms with Gasteiger partial charge in [0, 0.05) is 4.47 Å². The Morgan fingerprint density at radius 1 is 1.35 bits per heavy atom. The molecule has 2 aromatic carbocycles. The molecule has 0 amide bonds. The predicted molar refractivity (Wildman–Crippen MR) is 79.6 cm³/mol. The van der Waals surface area contributed by atoms with Crippen molar-refractivity contribution < 1.29 is 13.9 Å². The minimum Gasteiger partial charge on any atom is -0.465 e. The lowest BCUT2D eigenvalue weighted by Gasteiger charge is -2.14. The molecule has 0 bridgehead atoms. The van der Waals surface area contributed by atoms with Crippen molar-refractivity contribution in [1.29, 1.82) is 0 Å². The number of rotatable bonds is 3. The van der Waals surface area contributed by atoms with Gasteiger partial charge in [0.05, 0.1) is 29.7 Å². The SMILES string of the molecule is COC(=O)c1cccc(N)c1Nc1ccc(Br)cc1F. The van der Waals surface area contributed by atoms with Gasteiger partial charge in [0.15, 0.2) is 0 Å². The number of ether oxygens (including phenoxy) is 1. The van der Waals surface area contributed by atoms with E-state index >= 15 is 0 Å². The lowest BCUT2D eigenvalue weighted by Crippen LogP contribution is -2.08. The second-order valence-electron chi connectivity index (χ2n) is 4.01. The number of nitrogens with one attached hydrogen (secondary N) is 1. The van der Waals surface area contributed by atoms with Crippen molar-refractivity contribution >= 4 is 39.0 Å². The van der Waals surface area contributed by atoms with Gasteiger partial charge in [-0.05, 0) is 30.3 Å². The molecule has 0 heterocycles. The Balaban J connectivity index is 2.45. The number of methoxy groups -OCH3 is 1. The molecular weight excluding hydrogens is 327 g/mol. The molecule has 0 unspecified atom stereocenters. The molecule has 0 spiro atoms. The van der Waals surface area contributed by atoms with Crippen LogP contribution in [0.3, 0.4) is 0 Å². The fraction of sp³-hybridized carbons (Fsp3) is 0.0714. The Morgan fingerprint density at radius 2 is 2.10 bits per heavy atom. The van der Waals surface area contributed by atoms with Crippen molar-refractivity contribution in [2.24, 2.45) is 0 Å². The number of para-hydroxylation sites is 1. The number of nitrogen functional groups attached to an aromatic ring is 1. The normalized spacial score (nSPS) is 10.2. The van der Waals surface area contributed by atoms with Gasteiger partial charge < -0.3 is 15.8 Å². The molecule has 0 aliphatic heterocycles. The van der Waals surface area contributed by atoms with E-state index in [0.717, 1.165) is 0 Å². The van der Waals surface area contributed by atoms with E-state index in [4.69, 9.17) is 5.73 Å². The van der Waals surface area contributed by atoms with E-state index in [1.165, 1.54) is 13.2 Å². The van der Waals surface area contributed by atoms with Gasteiger partial charge in [-0.1, -0.05) is 22.0 Å². The first-order chi connectivity index (χ1) is 9.52. The van der Waals surface area contributed by atoms with Gasteiger partial charge >= 0.3 is 5.97 Å². The summed E-state index contributed by atoms with van der Waals surface area (Å²) < 4.78 is 19.1. The number of halogens is 2. The molecule has 6 heteroatoms. The second-order valence-corrected chi connectivity index (χ2v) is 4.93. The summed E-state index contributed by atoms with van der Waals surface area (Å²) in [6, 6.07) is 9.35. The second kappa shape index (κ2) is 5.92. The number of hydrogen-bond acceptors (Lipinski definition) is 4. The maximum Gasteiger partial charge on any atom is 0.340 e. The Hall–Kier alpha value is -2.08. The Kier molecular flexibility index (Phi) is 4.24. The zero-order chi connectivity index (χ0) is 14.7. The highest BCUT2D eigenvalue weighted by Gasteiger charge is 2.15. The third-order valence-corrected chi connectivity index (χ3v) is 3.19. The fourth-order valence-corrected chi connectivity index (χ4v) is 2.05. The maximum absolute atomic E-state index is 13.8. The van der Waals surface area contributed by atoms with Crippen LogP contribution in [-0.4, -0.2) is 13.1 Å². The van der Waals surface area contributed by atoms with Crippen LogP contribution in [0.1, 0.15) is 10.4 Å². The van der Waals surface area contributed by atoms with Crippen molar-refractivity contribution in [2.45, 2.75) is 0 Å². The molecule has 0 aliphatic carbocycles. The summed E-state index contributed by atoms with van der Waals surface area (Å²) in [6.45, 7) is 0. The topological polar surface area (TPSA) is 64.3 Å². The maximum atomic E-state index is 13.8. The highest BCUT2D eigenvalue weighted by Crippen LogP contribution is 2.30. The summed E-state index contributed by atoms with van der Waals surface area (Å²) in [4.78, 5) is 11.7. The molecule has 20 heavy (non-hydrogen) atoms. The average Bonchev–Trinajstić information content (AvgIpc) is 2.42. The Bertz CT molecular complexity index is 662. The molecule has 0 fully saturated rings. The van der Waals surface area contributed by atoms with Crippen LogP contribution in [-0.2, 0) is 4.74 Å². The average molecular weight is 339 g/mol. The molecule has 0 saturated heterocycles. The van der Waals surface area contributed by atoms with Crippen molar-refractivity contribution in [1.82, 2.24) is 0 Å². The van der Waals surface area contributed by atoms with E-state index in [9.17, 15) is 9.18 Å². The van der Waals surface area contributed by atoms with E-state index in [0.29, 0.717) is 15.8 Å². The van der Waals surface area contributed by atoms with Crippen LogP contribution in [0.4, 0.5) is 21.5 Å². The van der Waals surface area contributed by atoms with Crippen LogP contribution in [0.25, 0.3) is 0 Å². The number of carbonyl (C=O) groups is 1. The van der Waals surface area contributed by atoms with Crippen molar-refractivity contribution in [3.05, 3.63) is 52.3 Å². The van der Waals surface area contributed by atoms with Crippen LogP contribution < -0.4 is 11.1 Å². The molecule has 2 rings (SSSR count). The number of anilines is 3. The van der Waals surface area contributed by atoms with Crippen molar-refractivity contribution in [3.8, 4) is 0 Å². The monoisotopic (exact) mass is 338 g/mol. The third-order valence-electron chi connectivity index (χ3n) is 2.69. The molecular formula is C14H12BrFN2O2. The highest BCUT2D eigenvalue weighted by atomic mass is 79.9. The summed E-state index contributed by atoms with van der Waals surface area (Å²) in [5, 5.41) is 2.83. The van der Waals surface area contributed by atoms with Gasteiger partial charge in [0.1, 0.15) is 5.82 Å². The predicted octanol–water partition coefficient (Wildman–Crippen LogP) is 3.70. The van der Waals surface area contributed by atoms with Gasteiger partial charge in [0.25, 0.3) is 0 Å². The quantitative estimate of drug-likeness (QED) is 0.661. The van der Waals surface area contributed by atoms with Gasteiger partial charge in [-0.25, -0.2) is 9.18 Å². The Labute approximate surface area is 123 Å². The number of esters is 1. The van der Waals surface area contributed by atoms with Crippen LogP contribution in [0.15, 0.2) is 40.9 Å². The van der Waals surface area contributed by atoms with Crippen LogP contribution in [0, 0.1) is 5.82 Å². The fourth-order valence-electron chi connectivity index (χ4n) is 1.72. The molecule has 0 aromatic heterocycles. The first-order valence-corrected chi connectivity index (χ1v) is 6.51. The number of hydrogen-bond donors (Lipinski definition) is 2. The van der Waals surface area contributed by atoms with Gasteiger partial charge in [-0.2, -0.15) is 0 Å². The van der Waals surface area contributed by atoms with E-state index in [1.54, 1.807) is 30.3 Å². The molecule has 0 aliphatic rings. The zero-order valence-electron chi connectivity index (χ0n) is 10.6. The largest absolute Gasteiger partial charge is 0.465 e. The lowest BCUT2D eigenvalue weighted by molar-refractivity contribution is 0.0602. The van der Waals surface area contributed by atoms with Gasteiger partial charge in [0.2, 0.25) is 0 Å². The number of nitrogens with two attached hydrogens (primary N) is 1. The van der Waals surface area contributed by atoms with Gasteiger partial charge in [-0.15, -0.1) is 0 Å². The minimum atomic E-state index is -0.544. The van der Waals surface area contributed by atoms with Crippen LogP contribution >= 0.6 is 15.9 Å². The summed E-state index contributed by atoms with van der Waals surface area (Å²) in [7, 11) is 1.27. The number of carbonyl (C=O) groups excluding carboxylic acids is 1. The van der Waals surface area contributed by atoms with E-state index in [1.807, 2.05) is 0 Å². The standard InChI is InChI=1S/C14H12BrFN2O2/c1-20-14(19)9-3-2-4-11(17)13(9)18-12-6-5-8(15)7-10(12)16/h2-7,18H,17H2,1H3. The van der Waals surface area contributed by atoms with Gasteiger partial charge in [-0.3, -0.25) is 0 Å². The lowest BCUT2D eigenvalue weighted by atomic mass is 10.1. The zero-order valence-corrected chi connectivity index (χ0v) is 12.2. The summed E-state index contributed by atoms with van der Waals surface area (Å²) >= 11 is 3.18. The first kappa shape index (κ1) is 14.3. The molecule has 2 aromatic rings. The summed E-state index contributed by atoms with van der Waals surface area (Å²) in [5.41, 5.74) is 6.95. The van der Waals surface area contributed by atoms with E-state index in [2.05, 4.69) is 26.0 Å². The van der Waals surface area contributed by atoms with Crippen LogP contribution in [0.2, 0.25) is 0 Å². The highest BCUT2D eigenvalue weighted by molar-refractivity contribution is 9.10. The van der Waals surface area contributed by atoms with Crippen molar-refractivity contribution in [2.75, 3.05) is 18.2 Å². The van der Waals surface area contributed by atoms with E-state index in [-0.39, 0.29) is 11.3 Å². The first-order valence-electron chi connectivity index (χ1n) is 5.72.